The predicted molar refractivity (Wildman–Crippen MR) is 34.6 cm³/mol. The van der Waals surface area contributed by atoms with Gasteiger partial charge >= 0.3 is 0 Å². The summed E-state index contributed by atoms with van der Waals surface area (Å²) in [5.74, 6) is 0. The molecule has 0 radical (unpaired) electrons. The van der Waals surface area contributed by atoms with E-state index in [0.29, 0.717) is 0 Å². The molecule has 0 amide bonds. The molecule has 0 aliphatic heterocycles. The van der Waals surface area contributed by atoms with Crippen molar-refractivity contribution >= 4 is 0 Å². The molecule has 0 atom stereocenters. The number of hydrogen-bond acceptors (Lipinski definition) is 2. The van der Waals surface area contributed by atoms with Crippen LogP contribution < -0.4 is 0 Å². The molecular weight excluding hydrogens is 118 g/mol. The second-order valence-corrected chi connectivity index (χ2v) is 2.38. The van der Waals surface area contributed by atoms with Gasteiger partial charge in [0, 0.05) is 4.91 Å². The highest BCUT2D eigenvalue weighted by Gasteiger charge is 2.14. The first-order chi connectivity index (χ1) is 4.12. The standard InChI is InChI=1S/C5H11N3O/c1-4-5(2,3)9-8-7-6/h4H2,1-3H3. The third-order valence-electron chi connectivity index (χ3n) is 1.18. The highest BCUT2D eigenvalue weighted by atomic mass is 16.7. The molecule has 4 nitrogen and oxygen atoms in total. The van der Waals surface area contributed by atoms with Crippen molar-refractivity contribution in [3.05, 3.63) is 10.4 Å². The average Bonchev–Trinajstić information content (AvgIpc) is 1.84. The van der Waals surface area contributed by atoms with E-state index in [1.807, 2.05) is 20.8 Å². The molecule has 0 aromatic rings. The molecule has 0 aliphatic rings. The van der Waals surface area contributed by atoms with Crippen LogP contribution in [0.2, 0.25) is 0 Å². The molecule has 0 aromatic heterocycles. The lowest BCUT2D eigenvalue weighted by Gasteiger charge is -2.19. The number of rotatable bonds is 3. The summed E-state index contributed by atoms with van der Waals surface area (Å²) >= 11 is 0. The van der Waals surface area contributed by atoms with E-state index in [2.05, 4.69) is 10.2 Å². The maximum Gasteiger partial charge on any atom is 0.112 e. The fourth-order valence-corrected chi connectivity index (χ4v) is 0.193. The van der Waals surface area contributed by atoms with Crippen molar-refractivity contribution in [2.24, 2.45) is 5.28 Å². The van der Waals surface area contributed by atoms with E-state index in [1.165, 1.54) is 0 Å². The van der Waals surface area contributed by atoms with Gasteiger partial charge in [0.25, 0.3) is 0 Å². The molecule has 0 unspecified atom stereocenters. The number of hydrogen-bond donors (Lipinski definition) is 0. The normalized spacial score (nSPS) is 10.1. The van der Waals surface area contributed by atoms with Crippen molar-refractivity contribution in [1.29, 1.82) is 0 Å². The maximum atomic E-state index is 7.86. The molecule has 0 bridgehead atoms. The lowest BCUT2D eigenvalue weighted by molar-refractivity contribution is -0.0205. The van der Waals surface area contributed by atoms with Crippen molar-refractivity contribution in [1.82, 2.24) is 0 Å². The Balaban J connectivity index is 3.71. The van der Waals surface area contributed by atoms with Crippen molar-refractivity contribution in [3.63, 3.8) is 0 Å². The predicted octanol–water partition coefficient (Wildman–Crippen LogP) is 2.42. The van der Waals surface area contributed by atoms with Gasteiger partial charge in [-0.15, -0.1) is 0 Å². The summed E-state index contributed by atoms with van der Waals surface area (Å²) in [7, 11) is 0. The van der Waals surface area contributed by atoms with Crippen molar-refractivity contribution in [3.8, 4) is 0 Å². The summed E-state index contributed by atoms with van der Waals surface area (Å²) < 4.78 is 0. The zero-order valence-electron chi connectivity index (χ0n) is 5.96. The summed E-state index contributed by atoms with van der Waals surface area (Å²) in [4.78, 5) is 7.21. The van der Waals surface area contributed by atoms with Crippen LogP contribution in [0.1, 0.15) is 27.2 Å². The van der Waals surface area contributed by atoms with Crippen LogP contribution in [0, 0.1) is 0 Å². The van der Waals surface area contributed by atoms with E-state index in [9.17, 15) is 0 Å². The molecule has 0 fully saturated rings. The Hall–Kier alpha value is -0.890. The number of nitrogens with zero attached hydrogens (tertiary/aromatic N) is 3. The van der Waals surface area contributed by atoms with E-state index in [4.69, 9.17) is 10.4 Å². The second-order valence-electron chi connectivity index (χ2n) is 2.38. The molecule has 0 rings (SSSR count). The maximum absolute atomic E-state index is 7.86. The zero-order valence-corrected chi connectivity index (χ0v) is 5.96. The Kier molecular flexibility index (Phi) is 2.88. The largest absolute Gasteiger partial charge is 0.428 e. The van der Waals surface area contributed by atoms with Gasteiger partial charge < -0.3 is 4.84 Å². The van der Waals surface area contributed by atoms with Crippen LogP contribution in [0.3, 0.4) is 0 Å². The summed E-state index contributed by atoms with van der Waals surface area (Å²) in [6.45, 7) is 5.69. The molecule has 0 saturated heterocycles. The highest BCUT2D eigenvalue weighted by Crippen LogP contribution is 2.13. The third-order valence-corrected chi connectivity index (χ3v) is 1.18. The van der Waals surface area contributed by atoms with E-state index < -0.39 is 0 Å². The van der Waals surface area contributed by atoms with Gasteiger partial charge in [-0.3, -0.25) is 0 Å². The first-order valence-corrected chi connectivity index (χ1v) is 2.85. The Labute approximate surface area is 54.4 Å². The molecular formula is C5H11N3O. The molecule has 0 saturated carbocycles. The van der Waals surface area contributed by atoms with Crippen molar-refractivity contribution in [2.45, 2.75) is 32.8 Å². The molecule has 52 valence electrons. The van der Waals surface area contributed by atoms with Gasteiger partial charge in [0.2, 0.25) is 0 Å². The van der Waals surface area contributed by atoms with Gasteiger partial charge in [0.15, 0.2) is 0 Å². The second kappa shape index (κ2) is 3.20. The van der Waals surface area contributed by atoms with Crippen LogP contribution in [0.15, 0.2) is 5.28 Å². The lowest BCUT2D eigenvalue weighted by Crippen LogP contribution is -2.19. The van der Waals surface area contributed by atoms with Crippen LogP contribution in [-0.2, 0) is 4.84 Å². The van der Waals surface area contributed by atoms with Crippen LogP contribution in [0.4, 0.5) is 0 Å². The van der Waals surface area contributed by atoms with E-state index >= 15 is 0 Å². The minimum absolute atomic E-state index is 0.327. The van der Waals surface area contributed by atoms with Gasteiger partial charge in [-0.1, -0.05) is 6.92 Å². The van der Waals surface area contributed by atoms with Gasteiger partial charge in [0.1, 0.15) is 10.9 Å². The molecule has 0 N–H and O–H groups in total. The van der Waals surface area contributed by atoms with Crippen LogP contribution in [0.25, 0.3) is 10.4 Å². The molecule has 0 aliphatic carbocycles. The first kappa shape index (κ1) is 8.11. The van der Waals surface area contributed by atoms with Gasteiger partial charge in [-0.05, 0) is 25.8 Å². The quantitative estimate of drug-likeness (QED) is 0.250. The summed E-state index contributed by atoms with van der Waals surface area (Å²) in [5.41, 5.74) is 7.53. The van der Waals surface area contributed by atoms with Gasteiger partial charge in [0.05, 0.1) is 0 Å². The first-order valence-electron chi connectivity index (χ1n) is 2.85. The van der Waals surface area contributed by atoms with E-state index in [-0.39, 0.29) is 5.60 Å². The summed E-state index contributed by atoms with van der Waals surface area (Å²) in [6, 6.07) is 0. The highest BCUT2D eigenvalue weighted by molar-refractivity contribution is 4.63. The molecule has 0 aromatic carbocycles. The summed E-state index contributed by atoms with van der Waals surface area (Å²) in [6.07, 6.45) is 0.825. The van der Waals surface area contributed by atoms with Crippen LogP contribution in [-0.4, -0.2) is 5.60 Å². The fourth-order valence-electron chi connectivity index (χ4n) is 0.193. The van der Waals surface area contributed by atoms with E-state index in [0.717, 1.165) is 6.42 Å². The van der Waals surface area contributed by atoms with Crippen LogP contribution >= 0.6 is 0 Å². The Morgan fingerprint density at radius 1 is 1.67 bits per heavy atom. The molecule has 9 heavy (non-hydrogen) atoms. The van der Waals surface area contributed by atoms with E-state index in [1.54, 1.807) is 0 Å². The van der Waals surface area contributed by atoms with Crippen molar-refractivity contribution < 1.29 is 4.84 Å². The monoisotopic (exact) mass is 129 g/mol. The fraction of sp³-hybridized carbons (Fsp3) is 1.00. The topological polar surface area (TPSA) is 58.0 Å². The minimum atomic E-state index is -0.327. The van der Waals surface area contributed by atoms with Crippen molar-refractivity contribution in [2.75, 3.05) is 0 Å². The minimum Gasteiger partial charge on any atom is -0.428 e. The molecule has 4 heteroatoms. The zero-order chi connectivity index (χ0) is 7.33. The lowest BCUT2D eigenvalue weighted by atomic mass is 10.1. The third kappa shape index (κ3) is 3.67. The smallest absolute Gasteiger partial charge is 0.112 e. The molecule has 0 heterocycles. The van der Waals surface area contributed by atoms with Gasteiger partial charge in [-0.25, -0.2) is 0 Å². The van der Waals surface area contributed by atoms with Gasteiger partial charge in [-0.2, -0.15) is 0 Å². The van der Waals surface area contributed by atoms with Crippen LogP contribution in [0.5, 0.6) is 0 Å². The Bertz CT molecular complexity index is 126. The SMILES string of the molecule is CCC(C)(C)ON=[N+]=[N-]. The molecule has 0 spiro atoms. The number of azide groups is 1. The summed E-state index contributed by atoms with van der Waals surface area (Å²) in [5, 5.41) is 2.99. The average molecular weight is 129 g/mol. The Morgan fingerprint density at radius 3 is 2.56 bits per heavy atom. The Morgan fingerprint density at radius 2 is 2.22 bits per heavy atom.